The van der Waals surface area contributed by atoms with Crippen LogP contribution in [0.3, 0.4) is 0 Å². The smallest absolute Gasteiger partial charge is 0.267 e. The lowest BCUT2D eigenvalue weighted by atomic mass is 10.3. The van der Waals surface area contributed by atoms with E-state index in [4.69, 9.17) is 17.3 Å². The lowest BCUT2D eigenvalue weighted by molar-refractivity contribution is 0.103. The molecule has 0 radical (unpaired) electrons. The van der Waals surface area contributed by atoms with Gasteiger partial charge in [0.15, 0.2) is 5.13 Å². The number of amides is 1. The lowest BCUT2D eigenvalue weighted by Crippen LogP contribution is -2.11. The fraction of sp³-hybridized carbons (Fsp3) is 0.0909. The molecule has 0 spiro atoms. The number of halogens is 2. The SMILES string of the molecule is Cc1nc(N)sc1C(=O)Nc1ccc(F)c(Cl)c1. The monoisotopic (exact) mass is 285 g/mol. The molecule has 1 aromatic carbocycles. The van der Waals surface area contributed by atoms with E-state index in [-0.39, 0.29) is 10.9 Å². The van der Waals surface area contributed by atoms with Crippen molar-refractivity contribution < 1.29 is 9.18 Å². The highest BCUT2D eigenvalue weighted by molar-refractivity contribution is 7.17. The number of aromatic nitrogens is 1. The van der Waals surface area contributed by atoms with E-state index in [1.165, 1.54) is 18.2 Å². The summed E-state index contributed by atoms with van der Waals surface area (Å²) in [6.07, 6.45) is 0. The number of benzene rings is 1. The quantitative estimate of drug-likeness (QED) is 0.891. The number of nitrogens with zero attached hydrogens (tertiary/aromatic N) is 1. The van der Waals surface area contributed by atoms with Crippen LogP contribution in [-0.2, 0) is 0 Å². The molecule has 0 aliphatic heterocycles. The van der Waals surface area contributed by atoms with Crippen LogP contribution >= 0.6 is 22.9 Å². The second-order valence-electron chi connectivity index (χ2n) is 3.55. The van der Waals surface area contributed by atoms with Crippen LogP contribution in [0.15, 0.2) is 18.2 Å². The summed E-state index contributed by atoms with van der Waals surface area (Å²) in [5.74, 6) is -0.878. The fourth-order valence-corrected chi connectivity index (χ4v) is 2.30. The molecule has 1 aromatic heterocycles. The summed E-state index contributed by atoms with van der Waals surface area (Å²) in [5, 5.41) is 2.89. The van der Waals surface area contributed by atoms with Gasteiger partial charge in [0, 0.05) is 5.69 Å². The van der Waals surface area contributed by atoms with Crippen molar-refractivity contribution >= 4 is 39.7 Å². The van der Waals surface area contributed by atoms with Crippen molar-refractivity contribution in [2.75, 3.05) is 11.1 Å². The largest absolute Gasteiger partial charge is 0.375 e. The molecular formula is C11H9ClFN3OS. The van der Waals surface area contributed by atoms with Gasteiger partial charge in [-0.25, -0.2) is 9.37 Å². The highest BCUT2D eigenvalue weighted by Gasteiger charge is 2.14. The van der Waals surface area contributed by atoms with Crippen LogP contribution < -0.4 is 11.1 Å². The summed E-state index contributed by atoms with van der Waals surface area (Å²) in [6, 6.07) is 3.96. The molecule has 4 nitrogen and oxygen atoms in total. The number of carbonyl (C=O) groups excluding carboxylic acids is 1. The topological polar surface area (TPSA) is 68.0 Å². The number of carbonyl (C=O) groups is 1. The van der Waals surface area contributed by atoms with Crippen LogP contribution in [0.2, 0.25) is 5.02 Å². The molecule has 1 amide bonds. The highest BCUT2D eigenvalue weighted by Crippen LogP contribution is 2.23. The second-order valence-corrected chi connectivity index (χ2v) is 4.99. The van der Waals surface area contributed by atoms with Crippen LogP contribution in [-0.4, -0.2) is 10.9 Å². The Morgan fingerprint density at radius 1 is 1.56 bits per heavy atom. The molecule has 0 saturated heterocycles. The first-order chi connectivity index (χ1) is 8.47. The highest BCUT2D eigenvalue weighted by atomic mass is 35.5. The summed E-state index contributed by atoms with van der Waals surface area (Å²) in [4.78, 5) is 16.3. The van der Waals surface area contributed by atoms with Crippen molar-refractivity contribution in [3.05, 3.63) is 39.6 Å². The minimum Gasteiger partial charge on any atom is -0.375 e. The number of hydrogen-bond acceptors (Lipinski definition) is 4. The minimum atomic E-state index is -0.534. The fourth-order valence-electron chi connectivity index (χ4n) is 1.39. The molecule has 7 heteroatoms. The normalized spacial score (nSPS) is 10.4. The molecule has 0 atom stereocenters. The van der Waals surface area contributed by atoms with Gasteiger partial charge in [0.25, 0.3) is 5.91 Å². The van der Waals surface area contributed by atoms with Gasteiger partial charge in [0.2, 0.25) is 0 Å². The molecular weight excluding hydrogens is 277 g/mol. The Balaban J connectivity index is 2.21. The van der Waals surface area contributed by atoms with Crippen molar-refractivity contribution in [1.29, 1.82) is 0 Å². The maximum atomic E-state index is 13.0. The number of hydrogen-bond donors (Lipinski definition) is 2. The van der Waals surface area contributed by atoms with Gasteiger partial charge in [0.05, 0.1) is 10.7 Å². The van der Waals surface area contributed by atoms with Crippen LogP contribution in [0, 0.1) is 12.7 Å². The van der Waals surface area contributed by atoms with Crippen LogP contribution in [0.4, 0.5) is 15.2 Å². The number of nitrogen functional groups attached to an aromatic ring is 1. The molecule has 1 heterocycles. The predicted molar refractivity (Wildman–Crippen MR) is 70.6 cm³/mol. The van der Waals surface area contributed by atoms with Crippen molar-refractivity contribution in [3.8, 4) is 0 Å². The van der Waals surface area contributed by atoms with Crippen LogP contribution in [0.1, 0.15) is 15.4 Å². The van der Waals surface area contributed by atoms with E-state index >= 15 is 0 Å². The van der Waals surface area contributed by atoms with Crippen molar-refractivity contribution in [3.63, 3.8) is 0 Å². The van der Waals surface area contributed by atoms with Crippen molar-refractivity contribution in [2.45, 2.75) is 6.92 Å². The zero-order valence-corrected chi connectivity index (χ0v) is 10.9. The first kappa shape index (κ1) is 12.8. The van der Waals surface area contributed by atoms with E-state index in [2.05, 4.69) is 10.3 Å². The third kappa shape index (κ3) is 2.60. The van der Waals surface area contributed by atoms with Gasteiger partial charge in [-0.2, -0.15) is 0 Å². The molecule has 0 saturated carbocycles. The average molecular weight is 286 g/mol. The van der Waals surface area contributed by atoms with Gasteiger partial charge in [0.1, 0.15) is 10.7 Å². The van der Waals surface area contributed by atoms with Gasteiger partial charge in [-0.15, -0.1) is 0 Å². The van der Waals surface area contributed by atoms with Gasteiger partial charge in [-0.1, -0.05) is 22.9 Å². The van der Waals surface area contributed by atoms with E-state index in [0.717, 1.165) is 11.3 Å². The Kier molecular flexibility index (Phi) is 3.49. The molecule has 18 heavy (non-hydrogen) atoms. The van der Waals surface area contributed by atoms with Crippen LogP contribution in [0.25, 0.3) is 0 Å². The van der Waals surface area contributed by atoms with E-state index in [9.17, 15) is 9.18 Å². The number of anilines is 2. The maximum absolute atomic E-state index is 13.0. The lowest BCUT2D eigenvalue weighted by Gasteiger charge is -2.04. The third-order valence-electron chi connectivity index (χ3n) is 2.20. The molecule has 0 bridgehead atoms. The summed E-state index contributed by atoms with van der Waals surface area (Å²) in [7, 11) is 0. The maximum Gasteiger partial charge on any atom is 0.267 e. The Morgan fingerprint density at radius 2 is 2.28 bits per heavy atom. The number of rotatable bonds is 2. The zero-order valence-electron chi connectivity index (χ0n) is 9.33. The Morgan fingerprint density at radius 3 is 2.83 bits per heavy atom. The Hall–Kier alpha value is -1.66. The first-order valence-corrected chi connectivity index (χ1v) is 6.16. The Labute approximate surface area is 112 Å². The van der Waals surface area contributed by atoms with E-state index in [1.54, 1.807) is 6.92 Å². The molecule has 0 unspecified atom stereocenters. The summed E-state index contributed by atoms with van der Waals surface area (Å²) in [6.45, 7) is 1.69. The number of nitrogens with one attached hydrogen (secondary N) is 1. The Bertz CT molecular complexity index is 614. The summed E-state index contributed by atoms with van der Waals surface area (Å²) in [5.41, 5.74) is 6.48. The molecule has 0 aliphatic rings. The van der Waals surface area contributed by atoms with Gasteiger partial charge in [-0.05, 0) is 25.1 Å². The van der Waals surface area contributed by atoms with E-state index in [0.29, 0.717) is 21.4 Å². The molecule has 2 aromatic rings. The standard InChI is InChI=1S/C11H9ClFN3OS/c1-5-9(18-11(14)15-5)10(17)16-6-2-3-8(13)7(12)4-6/h2-4H,1H3,(H2,14,15)(H,16,17). The molecule has 3 N–H and O–H groups in total. The molecule has 2 rings (SSSR count). The van der Waals surface area contributed by atoms with Gasteiger partial charge >= 0.3 is 0 Å². The zero-order chi connectivity index (χ0) is 13.3. The second kappa shape index (κ2) is 4.91. The minimum absolute atomic E-state index is 0.0478. The number of aryl methyl sites for hydroxylation is 1. The summed E-state index contributed by atoms with van der Waals surface area (Å²) >= 11 is 6.72. The van der Waals surface area contributed by atoms with Gasteiger partial charge in [-0.3, -0.25) is 4.79 Å². The van der Waals surface area contributed by atoms with Crippen molar-refractivity contribution in [1.82, 2.24) is 4.98 Å². The third-order valence-corrected chi connectivity index (χ3v) is 3.47. The van der Waals surface area contributed by atoms with E-state index in [1.807, 2.05) is 0 Å². The molecule has 0 aliphatic carbocycles. The number of thiazole rings is 1. The first-order valence-electron chi connectivity index (χ1n) is 4.96. The van der Waals surface area contributed by atoms with Crippen LogP contribution in [0.5, 0.6) is 0 Å². The summed E-state index contributed by atoms with van der Waals surface area (Å²) < 4.78 is 13.0. The van der Waals surface area contributed by atoms with Gasteiger partial charge < -0.3 is 11.1 Å². The average Bonchev–Trinajstić information content (AvgIpc) is 2.63. The molecule has 0 fully saturated rings. The van der Waals surface area contributed by atoms with E-state index < -0.39 is 5.82 Å². The predicted octanol–water partition coefficient (Wildman–Crippen LogP) is 3.08. The molecule has 94 valence electrons. The van der Waals surface area contributed by atoms with Crippen molar-refractivity contribution in [2.24, 2.45) is 0 Å². The number of nitrogens with two attached hydrogens (primary N) is 1.